The first-order valence-electron chi connectivity index (χ1n) is 6.15. The third-order valence-corrected chi connectivity index (χ3v) is 2.94. The molecule has 2 aromatic heterocycles. The summed E-state index contributed by atoms with van der Waals surface area (Å²) in [6, 6.07) is 0.962. The predicted octanol–water partition coefficient (Wildman–Crippen LogP) is 0.976. The van der Waals surface area contributed by atoms with Gasteiger partial charge in [-0.2, -0.15) is 27.1 Å². The number of halogens is 5. The highest BCUT2D eigenvalue weighted by atomic mass is 19.4. The quantitative estimate of drug-likeness (QED) is 0.843. The van der Waals surface area contributed by atoms with Gasteiger partial charge in [-0.1, -0.05) is 0 Å². The van der Waals surface area contributed by atoms with Gasteiger partial charge in [0.25, 0.3) is 11.7 Å². The summed E-state index contributed by atoms with van der Waals surface area (Å²) in [5.41, 5.74) is -0.649. The van der Waals surface area contributed by atoms with Crippen LogP contribution in [0.1, 0.15) is 17.3 Å². The van der Waals surface area contributed by atoms with Crippen molar-refractivity contribution in [3.63, 3.8) is 0 Å². The van der Waals surface area contributed by atoms with E-state index in [-0.39, 0.29) is 5.82 Å². The Bertz CT molecular complexity index is 719. The smallest absolute Gasteiger partial charge is 0.343 e. The van der Waals surface area contributed by atoms with E-state index in [1.54, 1.807) is 0 Å². The van der Waals surface area contributed by atoms with E-state index in [0.717, 1.165) is 28.7 Å². The Labute approximate surface area is 126 Å². The normalized spacial score (nSPS) is 12.5. The highest BCUT2D eigenvalue weighted by molar-refractivity contribution is 5.84. The summed E-state index contributed by atoms with van der Waals surface area (Å²) in [6.45, 7) is -0.633. The van der Waals surface area contributed by atoms with Crippen LogP contribution in [0.3, 0.4) is 0 Å². The monoisotopic (exact) mass is 338 g/mol. The van der Waals surface area contributed by atoms with Crippen LogP contribution in [0.15, 0.2) is 12.3 Å². The zero-order valence-electron chi connectivity index (χ0n) is 11.9. The van der Waals surface area contributed by atoms with Crippen LogP contribution < -0.4 is 5.32 Å². The third kappa shape index (κ3) is 3.29. The van der Waals surface area contributed by atoms with Gasteiger partial charge in [-0.15, -0.1) is 5.10 Å². The van der Waals surface area contributed by atoms with Crippen LogP contribution in [0.25, 0.3) is 0 Å². The lowest BCUT2D eigenvalue weighted by Crippen LogP contribution is -2.39. The fraction of sp³-hybridized carbons (Fsp3) is 0.455. The fourth-order valence-corrected chi connectivity index (χ4v) is 1.76. The Balaban J connectivity index is 2.11. The second-order valence-corrected chi connectivity index (χ2v) is 4.57. The van der Waals surface area contributed by atoms with E-state index in [4.69, 9.17) is 0 Å². The minimum absolute atomic E-state index is 0.313. The van der Waals surface area contributed by atoms with Crippen LogP contribution in [-0.4, -0.2) is 30.5 Å². The number of hydrogen-bond donors (Lipinski definition) is 1. The van der Waals surface area contributed by atoms with E-state index in [2.05, 4.69) is 15.2 Å². The molecule has 23 heavy (non-hydrogen) atoms. The van der Waals surface area contributed by atoms with Crippen molar-refractivity contribution in [1.29, 1.82) is 0 Å². The van der Waals surface area contributed by atoms with Crippen LogP contribution in [-0.2, 0) is 37.5 Å². The van der Waals surface area contributed by atoms with Crippen molar-refractivity contribution in [2.24, 2.45) is 14.1 Å². The first-order chi connectivity index (χ1) is 10.5. The second-order valence-electron chi connectivity index (χ2n) is 4.57. The molecule has 0 aliphatic rings. The van der Waals surface area contributed by atoms with Crippen molar-refractivity contribution < 1.29 is 26.7 Å². The number of hydrogen-bond acceptors (Lipinski definition) is 4. The molecule has 0 aliphatic heterocycles. The summed E-state index contributed by atoms with van der Waals surface area (Å²) in [5, 5.41) is 8.49. The highest BCUT2D eigenvalue weighted by Crippen LogP contribution is 2.28. The van der Waals surface area contributed by atoms with E-state index in [1.807, 2.05) is 5.32 Å². The molecule has 0 aliphatic carbocycles. The molecule has 0 unspecified atom stereocenters. The summed E-state index contributed by atoms with van der Waals surface area (Å²) >= 11 is 0. The van der Waals surface area contributed by atoms with Gasteiger partial charge in [0, 0.05) is 20.3 Å². The molecule has 2 heterocycles. The molecule has 0 bridgehead atoms. The minimum atomic E-state index is -4.77. The van der Waals surface area contributed by atoms with Gasteiger partial charge >= 0.3 is 12.1 Å². The SMILES string of the molecule is Cn1nccc1C(F)(F)C(=O)NCc1nc(C(F)(F)F)nn1C. The summed E-state index contributed by atoms with van der Waals surface area (Å²) in [5.74, 6) is -7.30. The van der Waals surface area contributed by atoms with E-state index in [1.165, 1.54) is 7.05 Å². The van der Waals surface area contributed by atoms with Crippen LogP contribution in [0.4, 0.5) is 22.0 Å². The van der Waals surface area contributed by atoms with Crippen molar-refractivity contribution >= 4 is 5.91 Å². The van der Waals surface area contributed by atoms with Crippen LogP contribution >= 0.6 is 0 Å². The Kier molecular flexibility index (Phi) is 4.09. The molecule has 0 fully saturated rings. The average molecular weight is 338 g/mol. The molecule has 12 heteroatoms. The predicted molar refractivity (Wildman–Crippen MR) is 65.0 cm³/mol. The first kappa shape index (κ1) is 16.8. The van der Waals surface area contributed by atoms with Crippen molar-refractivity contribution in [2.45, 2.75) is 18.6 Å². The van der Waals surface area contributed by atoms with Crippen molar-refractivity contribution in [3.05, 3.63) is 29.6 Å². The maximum absolute atomic E-state index is 13.9. The third-order valence-electron chi connectivity index (χ3n) is 2.94. The van der Waals surface area contributed by atoms with Gasteiger partial charge in [0.05, 0.1) is 6.54 Å². The molecule has 0 saturated heterocycles. The van der Waals surface area contributed by atoms with Gasteiger partial charge in [-0.25, -0.2) is 4.98 Å². The van der Waals surface area contributed by atoms with Gasteiger partial charge in [0.15, 0.2) is 0 Å². The number of rotatable bonds is 4. The zero-order chi connectivity index (χ0) is 17.4. The summed E-state index contributed by atoms with van der Waals surface area (Å²) in [7, 11) is 2.39. The minimum Gasteiger partial charge on any atom is -0.343 e. The molecule has 0 aromatic carbocycles. The molecule has 2 aromatic rings. The number of carbonyl (C=O) groups excluding carboxylic acids is 1. The second kappa shape index (κ2) is 5.59. The van der Waals surface area contributed by atoms with Crippen LogP contribution in [0.2, 0.25) is 0 Å². The van der Waals surface area contributed by atoms with Crippen molar-refractivity contribution in [2.75, 3.05) is 0 Å². The molecule has 0 radical (unpaired) electrons. The lowest BCUT2D eigenvalue weighted by molar-refractivity contribution is -0.148. The van der Waals surface area contributed by atoms with Gasteiger partial charge in [-0.3, -0.25) is 14.2 Å². The first-order valence-corrected chi connectivity index (χ1v) is 6.15. The molecule has 0 atom stereocenters. The molecule has 7 nitrogen and oxygen atoms in total. The number of amides is 1. The summed E-state index contributed by atoms with van der Waals surface area (Å²) < 4.78 is 66.8. The average Bonchev–Trinajstić information content (AvgIpc) is 3.02. The number of aryl methyl sites for hydroxylation is 2. The van der Waals surface area contributed by atoms with E-state index >= 15 is 0 Å². The number of aromatic nitrogens is 5. The van der Waals surface area contributed by atoms with Gasteiger partial charge in [-0.05, 0) is 6.07 Å². The molecule has 126 valence electrons. The number of alkyl halides is 5. The van der Waals surface area contributed by atoms with Gasteiger partial charge < -0.3 is 5.32 Å². The Hall–Kier alpha value is -2.53. The standard InChI is InChI=1S/C11H11F5N6O/c1-21-6(3-4-18-21)10(12,13)9(23)17-5-7-19-8(11(14,15)16)20-22(7)2/h3-4H,5H2,1-2H3,(H,17,23). The summed E-state index contributed by atoms with van der Waals surface area (Å²) in [4.78, 5) is 14.8. The number of carbonyl (C=O) groups is 1. The molecule has 1 amide bonds. The van der Waals surface area contributed by atoms with Crippen molar-refractivity contribution in [3.8, 4) is 0 Å². The highest BCUT2D eigenvalue weighted by Gasteiger charge is 2.43. The zero-order valence-corrected chi connectivity index (χ0v) is 11.9. The van der Waals surface area contributed by atoms with Crippen LogP contribution in [0, 0.1) is 0 Å². The van der Waals surface area contributed by atoms with Gasteiger partial charge in [0.1, 0.15) is 11.5 Å². The lowest BCUT2D eigenvalue weighted by Gasteiger charge is -2.15. The lowest BCUT2D eigenvalue weighted by atomic mass is 10.2. The fourth-order valence-electron chi connectivity index (χ4n) is 1.76. The maximum Gasteiger partial charge on any atom is 0.453 e. The van der Waals surface area contributed by atoms with E-state index in [9.17, 15) is 26.7 Å². The Morgan fingerprint density at radius 1 is 1.22 bits per heavy atom. The molecule has 0 spiro atoms. The van der Waals surface area contributed by atoms with Gasteiger partial charge in [0.2, 0.25) is 0 Å². The Morgan fingerprint density at radius 3 is 2.35 bits per heavy atom. The molecule has 2 rings (SSSR count). The van der Waals surface area contributed by atoms with Crippen molar-refractivity contribution in [1.82, 2.24) is 29.9 Å². The number of nitrogens with zero attached hydrogens (tertiary/aromatic N) is 5. The molecular formula is C11H11F5N6O. The van der Waals surface area contributed by atoms with E-state index in [0.29, 0.717) is 0 Å². The summed E-state index contributed by atoms with van der Waals surface area (Å²) in [6.07, 6.45) is -3.67. The largest absolute Gasteiger partial charge is 0.453 e. The molecular weight excluding hydrogens is 327 g/mol. The topological polar surface area (TPSA) is 77.6 Å². The Morgan fingerprint density at radius 2 is 1.87 bits per heavy atom. The maximum atomic E-state index is 13.9. The molecule has 1 N–H and O–H groups in total. The van der Waals surface area contributed by atoms with Crippen LogP contribution in [0.5, 0.6) is 0 Å². The number of nitrogens with one attached hydrogen (secondary N) is 1. The van der Waals surface area contributed by atoms with E-state index < -0.39 is 36.1 Å². The molecule has 0 saturated carbocycles.